The molecule has 9 heteroatoms. The van der Waals surface area contributed by atoms with Crippen LogP contribution in [0.1, 0.15) is 21.6 Å². The molecule has 0 fully saturated rings. The van der Waals surface area contributed by atoms with Crippen LogP contribution >= 0.6 is 11.8 Å². The Labute approximate surface area is 173 Å². The third-order valence-corrected chi connectivity index (χ3v) is 4.69. The van der Waals surface area contributed by atoms with Crippen molar-refractivity contribution in [2.75, 3.05) is 26.6 Å². The van der Waals surface area contributed by atoms with E-state index >= 15 is 0 Å². The van der Waals surface area contributed by atoms with Gasteiger partial charge in [0.2, 0.25) is 5.88 Å². The molecule has 0 aliphatic rings. The van der Waals surface area contributed by atoms with Crippen molar-refractivity contribution < 1.29 is 18.7 Å². The minimum Gasteiger partial charge on any atom is -0.475 e. The lowest BCUT2D eigenvalue weighted by Gasteiger charge is -2.12. The van der Waals surface area contributed by atoms with Crippen LogP contribution in [0.2, 0.25) is 0 Å². The monoisotopic (exact) mass is 414 g/mol. The van der Waals surface area contributed by atoms with Crippen LogP contribution < -0.4 is 10.1 Å². The van der Waals surface area contributed by atoms with Gasteiger partial charge >= 0.3 is 0 Å². The van der Waals surface area contributed by atoms with E-state index in [-0.39, 0.29) is 5.91 Å². The first-order valence-corrected chi connectivity index (χ1v) is 10.2. The highest BCUT2D eigenvalue weighted by Gasteiger charge is 2.19. The Hall–Kier alpha value is -2.91. The lowest BCUT2D eigenvalue weighted by atomic mass is 10.2. The summed E-state index contributed by atoms with van der Waals surface area (Å²) >= 11 is 1.39. The number of nitrogens with one attached hydrogen (secondary N) is 1. The van der Waals surface area contributed by atoms with Crippen molar-refractivity contribution in [1.82, 2.24) is 20.3 Å². The third-order valence-electron chi connectivity index (χ3n) is 4.01. The standard InChI is InChI=1S/C20H22N4O4S/c1-13-17(20(29-3)24-18(23-13)15-5-4-8-27-15)19(25)22-12-14-6-7-16(21-11-14)28-10-9-26-2/h4-8,11H,9-10,12H2,1-3H3,(H,22,25). The fourth-order valence-corrected chi connectivity index (χ4v) is 3.20. The number of pyridine rings is 1. The fourth-order valence-electron chi connectivity index (χ4n) is 2.57. The van der Waals surface area contributed by atoms with Gasteiger partial charge in [0.25, 0.3) is 5.91 Å². The molecule has 0 bridgehead atoms. The first kappa shape index (κ1) is 20.8. The zero-order chi connectivity index (χ0) is 20.6. The van der Waals surface area contributed by atoms with Gasteiger partial charge in [-0.15, -0.1) is 11.8 Å². The average molecular weight is 414 g/mol. The first-order chi connectivity index (χ1) is 14.1. The largest absolute Gasteiger partial charge is 0.475 e. The van der Waals surface area contributed by atoms with Gasteiger partial charge in [0, 0.05) is 25.9 Å². The molecule has 0 radical (unpaired) electrons. The third kappa shape index (κ3) is 5.33. The molecule has 3 rings (SSSR count). The second-order valence-electron chi connectivity index (χ2n) is 6.02. The summed E-state index contributed by atoms with van der Waals surface area (Å²) in [5.41, 5.74) is 1.91. The SMILES string of the molecule is COCCOc1ccc(CNC(=O)c2c(C)nc(-c3ccco3)nc2SC)cn1. The number of furan rings is 1. The first-order valence-electron chi connectivity index (χ1n) is 8.93. The van der Waals surface area contributed by atoms with Gasteiger partial charge in [0.15, 0.2) is 11.6 Å². The molecule has 3 aromatic heterocycles. The Bertz CT molecular complexity index is 946. The average Bonchev–Trinajstić information content (AvgIpc) is 3.27. The van der Waals surface area contributed by atoms with Crippen molar-refractivity contribution in [2.24, 2.45) is 0 Å². The van der Waals surface area contributed by atoms with Crippen LogP contribution in [0.5, 0.6) is 5.88 Å². The normalized spacial score (nSPS) is 10.7. The molecule has 3 aromatic rings. The summed E-state index contributed by atoms with van der Waals surface area (Å²) in [5.74, 6) is 1.30. The highest BCUT2D eigenvalue weighted by molar-refractivity contribution is 7.98. The van der Waals surface area contributed by atoms with E-state index in [2.05, 4.69) is 20.3 Å². The van der Waals surface area contributed by atoms with Gasteiger partial charge in [-0.25, -0.2) is 15.0 Å². The summed E-state index contributed by atoms with van der Waals surface area (Å²) in [4.78, 5) is 25.9. The number of hydrogen-bond acceptors (Lipinski definition) is 8. The van der Waals surface area contributed by atoms with Gasteiger partial charge in [-0.2, -0.15) is 0 Å². The molecule has 152 valence electrons. The maximum Gasteiger partial charge on any atom is 0.256 e. The summed E-state index contributed by atoms with van der Waals surface area (Å²) in [6.07, 6.45) is 5.10. The summed E-state index contributed by atoms with van der Waals surface area (Å²) in [6.45, 7) is 3.05. The number of carbonyl (C=O) groups excluding carboxylic acids is 1. The van der Waals surface area contributed by atoms with Crippen LogP contribution in [0.25, 0.3) is 11.6 Å². The zero-order valence-corrected chi connectivity index (χ0v) is 17.3. The van der Waals surface area contributed by atoms with E-state index in [0.29, 0.717) is 53.5 Å². The lowest BCUT2D eigenvalue weighted by molar-refractivity contribution is 0.0946. The highest BCUT2D eigenvalue weighted by atomic mass is 32.2. The van der Waals surface area contributed by atoms with Crippen molar-refractivity contribution in [1.29, 1.82) is 0 Å². The molecule has 0 spiro atoms. The Balaban J connectivity index is 1.67. The second kappa shape index (κ2) is 10.0. The predicted octanol–water partition coefficient (Wildman–Crippen LogP) is 3.12. The summed E-state index contributed by atoms with van der Waals surface area (Å²) < 4.78 is 15.7. The summed E-state index contributed by atoms with van der Waals surface area (Å²) in [7, 11) is 1.61. The van der Waals surface area contributed by atoms with E-state index in [4.69, 9.17) is 13.9 Å². The van der Waals surface area contributed by atoms with E-state index in [9.17, 15) is 4.79 Å². The minimum atomic E-state index is -0.238. The molecule has 3 heterocycles. The Morgan fingerprint density at radius 2 is 2.10 bits per heavy atom. The van der Waals surface area contributed by atoms with Gasteiger partial charge < -0.3 is 19.2 Å². The second-order valence-corrected chi connectivity index (χ2v) is 6.82. The lowest BCUT2D eigenvalue weighted by Crippen LogP contribution is -2.25. The Kier molecular flexibility index (Phi) is 7.20. The summed E-state index contributed by atoms with van der Waals surface area (Å²) in [5, 5.41) is 3.50. The molecule has 1 amide bonds. The van der Waals surface area contributed by atoms with Gasteiger partial charge in [-0.05, 0) is 30.9 Å². The van der Waals surface area contributed by atoms with E-state index < -0.39 is 0 Å². The van der Waals surface area contributed by atoms with E-state index in [1.165, 1.54) is 11.8 Å². The molecule has 0 unspecified atom stereocenters. The number of carbonyl (C=O) groups is 1. The van der Waals surface area contributed by atoms with Crippen molar-refractivity contribution in [3.63, 3.8) is 0 Å². The molecule has 0 aliphatic carbocycles. The zero-order valence-electron chi connectivity index (χ0n) is 16.5. The van der Waals surface area contributed by atoms with Crippen LogP contribution in [-0.4, -0.2) is 47.4 Å². The molecule has 0 atom stereocenters. The molecular formula is C20H22N4O4S. The molecule has 0 aliphatic heterocycles. The maximum absolute atomic E-state index is 12.8. The summed E-state index contributed by atoms with van der Waals surface area (Å²) in [6, 6.07) is 7.18. The quantitative estimate of drug-likeness (QED) is 0.324. The van der Waals surface area contributed by atoms with Crippen molar-refractivity contribution in [3.05, 3.63) is 53.5 Å². The molecule has 1 N–H and O–H groups in total. The van der Waals surface area contributed by atoms with Crippen molar-refractivity contribution in [2.45, 2.75) is 18.5 Å². The molecular weight excluding hydrogens is 392 g/mol. The van der Waals surface area contributed by atoms with Crippen LogP contribution in [0.3, 0.4) is 0 Å². The highest BCUT2D eigenvalue weighted by Crippen LogP contribution is 2.25. The molecule has 0 aromatic carbocycles. The minimum absolute atomic E-state index is 0.238. The number of ether oxygens (including phenoxy) is 2. The number of aryl methyl sites for hydroxylation is 1. The van der Waals surface area contributed by atoms with Gasteiger partial charge in [-0.1, -0.05) is 6.07 Å². The van der Waals surface area contributed by atoms with Crippen molar-refractivity contribution >= 4 is 17.7 Å². The van der Waals surface area contributed by atoms with Crippen LogP contribution in [-0.2, 0) is 11.3 Å². The molecule has 8 nitrogen and oxygen atoms in total. The Morgan fingerprint density at radius 1 is 1.24 bits per heavy atom. The topological polar surface area (TPSA) is 99.4 Å². The smallest absolute Gasteiger partial charge is 0.256 e. The number of hydrogen-bond donors (Lipinski definition) is 1. The predicted molar refractivity (Wildman–Crippen MR) is 109 cm³/mol. The fraction of sp³-hybridized carbons (Fsp3) is 0.300. The number of methoxy groups -OCH3 is 1. The number of nitrogens with zero attached hydrogens (tertiary/aromatic N) is 3. The van der Waals surface area contributed by atoms with Gasteiger partial charge in [0.1, 0.15) is 11.6 Å². The molecule has 0 saturated heterocycles. The van der Waals surface area contributed by atoms with Gasteiger partial charge in [0.05, 0.1) is 24.1 Å². The van der Waals surface area contributed by atoms with Gasteiger partial charge in [-0.3, -0.25) is 4.79 Å². The number of thioether (sulfide) groups is 1. The van der Waals surface area contributed by atoms with Crippen LogP contribution in [0, 0.1) is 6.92 Å². The maximum atomic E-state index is 12.8. The number of aromatic nitrogens is 3. The molecule has 0 saturated carbocycles. The van der Waals surface area contributed by atoms with E-state index in [0.717, 1.165) is 5.56 Å². The van der Waals surface area contributed by atoms with Crippen LogP contribution in [0.4, 0.5) is 0 Å². The van der Waals surface area contributed by atoms with E-state index in [1.807, 2.05) is 12.3 Å². The van der Waals surface area contributed by atoms with E-state index in [1.54, 1.807) is 44.7 Å². The number of amides is 1. The molecule has 29 heavy (non-hydrogen) atoms. The number of rotatable bonds is 9. The van der Waals surface area contributed by atoms with Crippen molar-refractivity contribution in [3.8, 4) is 17.5 Å². The van der Waals surface area contributed by atoms with Crippen LogP contribution in [0.15, 0.2) is 46.2 Å². The Morgan fingerprint density at radius 3 is 2.76 bits per heavy atom.